The Hall–Kier alpha value is -1.29. The highest BCUT2D eigenvalue weighted by atomic mass is 35.5. The zero-order valence-electron chi connectivity index (χ0n) is 9.63. The van der Waals surface area contributed by atoms with Crippen molar-refractivity contribution in [3.63, 3.8) is 0 Å². The maximum Gasteiger partial charge on any atom is 0.412 e. The SMILES string of the molecule is CC1(C)Cc2cc(F)cc(CCl)c2N1C(=O)O. The number of anilines is 1. The summed E-state index contributed by atoms with van der Waals surface area (Å²) in [4.78, 5) is 12.6. The molecule has 0 radical (unpaired) electrons. The summed E-state index contributed by atoms with van der Waals surface area (Å²) in [5.74, 6) is -0.276. The van der Waals surface area contributed by atoms with Gasteiger partial charge in [-0.05, 0) is 43.5 Å². The molecule has 0 bridgehead atoms. The molecule has 0 unspecified atom stereocenters. The number of benzene rings is 1. The Bertz CT molecular complexity index is 488. The van der Waals surface area contributed by atoms with Crippen molar-refractivity contribution >= 4 is 23.4 Å². The normalized spacial score (nSPS) is 17.1. The molecule has 0 spiro atoms. The molecule has 0 fully saturated rings. The molecule has 1 aliphatic heterocycles. The largest absolute Gasteiger partial charge is 0.465 e. The zero-order chi connectivity index (χ0) is 12.8. The molecule has 1 amide bonds. The summed E-state index contributed by atoms with van der Waals surface area (Å²) in [5.41, 5.74) is 1.20. The average Bonchev–Trinajstić information content (AvgIpc) is 2.46. The summed E-state index contributed by atoms with van der Waals surface area (Å²) in [6.07, 6.45) is -0.539. The molecule has 0 atom stereocenters. The second-order valence-corrected chi connectivity index (χ2v) is 5.08. The Morgan fingerprint density at radius 2 is 2.24 bits per heavy atom. The lowest BCUT2D eigenvalue weighted by Gasteiger charge is -2.30. The molecule has 92 valence electrons. The molecule has 1 heterocycles. The van der Waals surface area contributed by atoms with E-state index in [2.05, 4.69) is 0 Å². The number of carbonyl (C=O) groups is 1. The number of rotatable bonds is 1. The molecule has 1 aromatic carbocycles. The maximum absolute atomic E-state index is 13.4. The fourth-order valence-electron chi connectivity index (χ4n) is 2.44. The lowest BCUT2D eigenvalue weighted by Crippen LogP contribution is -2.44. The Labute approximate surface area is 104 Å². The van der Waals surface area contributed by atoms with Gasteiger partial charge in [-0.3, -0.25) is 4.90 Å². The Balaban J connectivity index is 2.65. The Morgan fingerprint density at radius 1 is 1.59 bits per heavy atom. The topological polar surface area (TPSA) is 40.5 Å². The number of carboxylic acid groups (broad SMARTS) is 1. The van der Waals surface area contributed by atoms with Crippen LogP contribution in [0.5, 0.6) is 0 Å². The van der Waals surface area contributed by atoms with Gasteiger partial charge >= 0.3 is 6.09 Å². The fourth-order valence-corrected chi connectivity index (χ4v) is 2.65. The summed E-state index contributed by atoms with van der Waals surface area (Å²) in [6, 6.07) is 2.68. The number of halogens is 2. The second-order valence-electron chi connectivity index (χ2n) is 4.81. The molecule has 0 saturated heterocycles. The van der Waals surface area contributed by atoms with Crippen LogP contribution in [0.25, 0.3) is 0 Å². The number of hydrogen-bond donors (Lipinski definition) is 1. The highest BCUT2D eigenvalue weighted by molar-refractivity contribution is 6.17. The van der Waals surface area contributed by atoms with Crippen LogP contribution in [0.4, 0.5) is 14.9 Å². The van der Waals surface area contributed by atoms with Crippen LogP contribution in [0.15, 0.2) is 12.1 Å². The Kier molecular flexibility index (Phi) is 2.78. The van der Waals surface area contributed by atoms with Crippen molar-refractivity contribution in [2.45, 2.75) is 31.7 Å². The van der Waals surface area contributed by atoms with Gasteiger partial charge in [0.15, 0.2) is 0 Å². The molecule has 1 aliphatic rings. The summed E-state index contributed by atoms with van der Waals surface area (Å²) in [7, 11) is 0. The maximum atomic E-state index is 13.4. The monoisotopic (exact) mass is 257 g/mol. The lowest BCUT2D eigenvalue weighted by molar-refractivity contribution is 0.196. The van der Waals surface area contributed by atoms with Crippen molar-refractivity contribution in [2.24, 2.45) is 0 Å². The first kappa shape index (κ1) is 12.2. The third-order valence-electron chi connectivity index (χ3n) is 3.02. The molecular formula is C12H13ClFNO2. The van der Waals surface area contributed by atoms with E-state index < -0.39 is 11.6 Å². The lowest BCUT2D eigenvalue weighted by atomic mass is 9.99. The second kappa shape index (κ2) is 3.88. The first-order valence-electron chi connectivity index (χ1n) is 5.27. The van der Waals surface area contributed by atoms with Gasteiger partial charge in [-0.2, -0.15) is 0 Å². The van der Waals surface area contributed by atoms with E-state index in [1.54, 1.807) is 0 Å². The van der Waals surface area contributed by atoms with E-state index in [1.165, 1.54) is 17.0 Å². The standard InChI is InChI=1S/C12H13ClFNO2/c1-12(2)5-7-3-9(14)4-8(6-13)10(7)15(12)11(16)17/h3-4H,5-6H2,1-2H3,(H,16,17). The number of hydrogen-bond acceptors (Lipinski definition) is 1. The van der Waals surface area contributed by atoms with Crippen molar-refractivity contribution < 1.29 is 14.3 Å². The highest BCUT2D eigenvalue weighted by Gasteiger charge is 2.41. The number of amides is 1. The molecule has 1 aromatic rings. The van der Waals surface area contributed by atoms with E-state index in [4.69, 9.17) is 11.6 Å². The highest BCUT2D eigenvalue weighted by Crippen LogP contribution is 2.42. The van der Waals surface area contributed by atoms with Gasteiger partial charge in [-0.1, -0.05) is 0 Å². The van der Waals surface area contributed by atoms with Crippen LogP contribution in [-0.4, -0.2) is 16.7 Å². The average molecular weight is 258 g/mol. The van der Waals surface area contributed by atoms with Crippen LogP contribution in [0.1, 0.15) is 25.0 Å². The van der Waals surface area contributed by atoms with Crippen LogP contribution in [0.2, 0.25) is 0 Å². The molecular weight excluding hydrogens is 245 g/mol. The van der Waals surface area contributed by atoms with E-state index in [-0.39, 0.29) is 11.7 Å². The smallest absolute Gasteiger partial charge is 0.412 e. The van der Waals surface area contributed by atoms with E-state index in [9.17, 15) is 14.3 Å². The van der Waals surface area contributed by atoms with Gasteiger partial charge in [-0.25, -0.2) is 9.18 Å². The van der Waals surface area contributed by atoms with Gasteiger partial charge in [0.05, 0.1) is 5.69 Å². The summed E-state index contributed by atoms with van der Waals surface area (Å²) >= 11 is 5.76. The van der Waals surface area contributed by atoms with Crippen molar-refractivity contribution in [2.75, 3.05) is 4.90 Å². The van der Waals surface area contributed by atoms with E-state index >= 15 is 0 Å². The van der Waals surface area contributed by atoms with E-state index in [0.29, 0.717) is 23.2 Å². The minimum absolute atomic E-state index is 0.0972. The quantitative estimate of drug-likeness (QED) is 0.784. The van der Waals surface area contributed by atoms with Gasteiger partial charge in [0, 0.05) is 11.4 Å². The van der Waals surface area contributed by atoms with Gasteiger partial charge < -0.3 is 5.11 Å². The van der Waals surface area contributed by atoms with Gasteiger partial charge in [0.2, 0.25) is 0 Å². The number of nitrogens with zero attached hydrogens (tertiary/aromatic N) is 1. The predicted octanol–water partition coefficient (Wildman–Crippen LogP) is 3.38. The van der Waals surface area contributed by atoms with Gasteiger partial charge in [0.1, 0.15) is 5.82 Å². The number of alkyl halides is 1. The Morgan fingerprint density at radius 3 is 2.76 bits per heavy atom. The molecule has 1 N–H and O–H groups in total. The summed E-state index contributed by atoms with van der Waals surface area (Å²) < 4.78 is 13.4. The first-order valence-corrected chi connectivity index (χ1v) is 5.80. The molecule has 5 heteroatoms. The fraction of sp³-hybridized carbons (Fsp3) is 0.417. The van der Waals surface area contributed by atoms with Crippen LogP contribution in [0, 0.1) is 5.82 Å². The third kappa shape index (κ3) is 1.86. The van der Waals surface area contributed by atoms with Crippen LogP contribution >= 0.6 is 11.6 Å². The van der Waals surface area contributed by atoms with Crippen LogP contribution in [-0.2, 0) is 12.3 Å². The summed E-state index contributed by atoms with van der Waals surface area (Å²) in [5, 5.41) is 9.27. The van der Waals surface area contributed by atoms with Crippen molar-refractivity contribution in [1.82, 2.24) is 0 Å². The molecule has 2 rings (SSSR count). The molecule has 17 heavy (non-hydrogen) atoms. The number of fused-ring (bicyclic) bond motifs is 1. The van der Waals surface area contributed by atoms with Crippen LogP contribution < -0.4 is 4.90 Å². The molecule has 0 aromatic heterocycles. The van der Waals surface area contributed by atoms with Crippen molar-refractivity contribution in [3.05, 3.63) is 29.1 Å². The van der Waals surface area contributed by atoms with Crippen molar-refractivity contribution in [1.29, 1.82) is 0 Å². The minimum atomic E-state index is -1.04. The first-order chi connectivity index (χ1) is 7.86. The van der Waals surface area contributed by atoms with Gasteiger partial charge in [-0.15, -0.1) is 11.6 Å². The molecule has 0 aliphatic carbocycles. The summed E-state index contributed by atoms with van der Waals surface area (Å²) in [6.45, 7) is 3.63. The zero-order valence-corrected chi connectivity index (χ0v) is 10.4. The van der Waals surface area contributed by atoms with E-state index in [1.807, 2.05) is 13.8 Å². The molecule has 0 saturated carbocycles. The predicted molar refractivity (Wildman–Crippen MR) is 64.2 cm³/mol. The molecule has 3 nitrogen and oxygen atoms in total. The third-order valence-corrected chi connectivity index (χ3v) is 3.31. The van der Waals surface area contributed by atoms with Crippen molar-refractivity contribution in [3.8, 4) is 0 Å². The van der Waals surface area contributed by atoms with E-state index in [0.717, 1.165) is 0 Å². The van der Waals surface area contributed by atoms with Crippen LogP contribution in [0.3, 0.4) is 0 Å². The minimum Gasteiger partial charge on any atom is -0.465 e. The van der Waals surface area contributed by atoms with Gasteiger partial charge in [0.25, 0.3) is 0 Å².